The van der Waals surface area contributed by atoms with Crippen molar-refractivity contribution < 1.29 is 19.1 Å². The van der Waals surface area contributed by atoms with Crippen molar-refractivity contribution in [3.05, 3.63) is 59.7 Å². The van der Waals surface area contributed by atoms with Gasteiger partial charge in [0.05, 0.1) is 24.4 Å². The molecule has 1 amide bonds. The summed E-state index contributed by atoms with van der Waals surface area (Å²) < 4.78 is 10.4. The summed E-state index contributed by atoms with van der Waals surface area (Å²) in [6, 6.07) is 4.30. The van der Waals surface area contributed by atoms with E-state index in [4.69, 9.17) is 21.1 Å². The molecule has 1 aromatic heterocycles. The molecule has 0 bridgehead atoms. The fourth-order valence-electron chi connectivity index (χ4n) is 2.40. The zero-order valence-electron chi connectivity index (χ0n) is 15.0. The lowest BCUT2D eigenvalue weighted by molar-refractivity contribution is -0.147. The Bertz CT molecular complexity index is 777. The number of hydrogen-bond acceptors (Lipinski definition) is 5. The molecule has 2 aromatic rings. The molecule has 0 spiro atoms. The van der Waals surface area contributed by atoms with Crippen molar-refractivity contribution in [1.82, 2.24) is 15.3 Å². The normalized spacial score (nSPS) is 11.5. The maximum absolute atomic E-state index is 12.4. The number of esters is 1. The second-order valence-electron chi connectivity index (χ2n) is 5.69. The fourth-order valence-corrected chi connectivity index (χ4v) is 2.66. The molecule has 144 valence electrons. The SMILES string of the molecule is C=CCOc1ccc(CC(=O)N[C@@H](Cc2cnc[nH]2)C(=O)OCC)cc1Cl. The summed E-state index contributed by atoms with van der Waals surface area (Å²) in [7, 11) is 0. The first kappa shape index (κ1) is 20.5. The number of carbonyl (C=O) groups excluding carboxylic acids is 2. The highest BCUT2D eigenvalue weighted by molar-refractivity contribution is 6.32. The first-order chi connectivity index (χ1) is 13.0. The summed E-state index contributed by atoms with van der Waals surface area (Å²) >= 11 is 6.16. The van der Waals surface area contributed by atoms with Crippen LogP contribution in [0.2, 0.25) is 5.02 Å². The summed E-state index contributed by atoms with van der Waals surface area (Å²) in [6.45, 7) is 5.87. The van der Waals surface area contributed by atoms with Crippen molar-refractivity contribution in [3.63, 3.8) is 0 Å². The maximum Gasteiger partial charge on any atom is 0.329 e. The van der Waals surface area contributed by atoms with Crippen LogP contribution in [0.1, 0.15) is 18.2 Å². The van der Waals surface area contributed by atoms with E-state index in [1.54, 1.807) is 37.4 Å². The summed E-state index contributed by atoms with van der Waals surface area (Å²) in [4.78, 5) is 31.4. The number of hydrogen-bond donors (Lipinski definition) is 2. The van der Waals surface area contributed by atoms with Gasteiger partial charge in [0.1, 0.15) is 18.4 Å². The number of ether oxygens (including phenoxy) is 2. The van der Waals surface area contributed by atoms with Crippen LogP contribution in [0.5, 0.6) is 5.75 Å². The number of rotatable bonds is 10. The van der Waals surface area contributed by atoms with Crippen LogP contribution < -0.4 is 10.1 Å². The molecule has 0 unspecified atom stereocenters. The Morgan fingerprint density at radius 3 is 2.89 bits per heavy atom. The smallest absolute Gasteiger partial charge is 0.329 e. The van der Waals surface area contributed by atoms with Crippen LogP contribution in [0.25, 0.3) is 0 Å². The predicted molar refractivity (Wildman–Crippen MR) is 102 cm³/mol. The second kappa shape index (κ2) is 10.4. The number of aromatic amines is 1. The lowest BCUT2D eigenvalue weighted by atomic mass is 10.1. The number of H-pyrrole nitrogens is 1. The van der Waals surface area contributed by atoms with Crippen LogP contribution in [0.4, 0.5) is 0 Å². The van der Waals surface area contributed by atoms with Crippen LogP contribution >= 0.6 is 11.6 Å². The van der Waals surface area contributed by atoms with Crippen LogP contribution in [-0.2, 0) is 27.2 Å². The Kier molecular flexibility index (Phi) is 7.88. The van der Waals surface area contributed by atoms with E-state index in [1.807, 2.05) is 0 Å². The topological polar surface area (TPSA) is 93.3 Å². The lowest BCUT2D eigenvalue weighted by Crippen LogP contribution is -2.44. The summed E-state index contributed by atoms with van der Waals surface area (Å²) in [5.74, 6) is -0.292. The van der Waals surface area contributed by atoms with E-state index < -0.39 is 12.0 Å². The van der Waals surface area contributed by atoms with Gasteiger partial charge in [-0.15, -0.1) is 0 Å². The fraction of sp³-hybridized carbons (Fsp3) is 0.316. The molecule has 27 heavy (non-hydrogen) atoms. The molecule has 1 atom stereocenters. The Hall–Kier alpha value is -2.80. The highest BCUT2D eigenvalue weighted by Gasteiger charge is 2.23. The van der Waals surface area contributed by atoms with Gasteiger partial charge in [-0.3, -0.25) is 4.79 Å². The van der Waals surface area contributed by atoms with E-state index >= 15 is 0 Å². The highest BCUT2D eigenvalue weighted by atomic mass is 35.5. The zero-order chi connectivity index (χ0) is 19.6. The zero-order valence-corrected chi connectivity index (χ0v) is 15.8. The molecule has 7 nitrogen and oxygen atoms in total. The molecule has 0 saturated carbocycles. The van der Waals surface area contributed by atoms with Crippen LogP contribution in [0.3, 0.4) is 0 Å². The monoisotopic (exact) mass is 391 g/mol. The van der Waals surface area contributed by atoms with Crippen molar-refractivity contribution in [1.29, 1.82) is 0 Å². The molecule has 0 aliphatic carbocycles. The van der Waals surface area contributed by atoms with Gasteiger partial charge >= 0.3 is 5.97 Å². The molecule has 2 N–H and O–H groups in total. The Morgan fingerprint density at radius 1 is 1.44 bits per heavy atom. The maximum atomic E-state index is 12.4. The Morgan fingerprint density at radius 2 is 2.26 bits per heavy atom. The quantitative estimate of drug-likeness (QED) is 0.479. The number of benzene rings is 1. The van der Waals surface area contributed by atoms with Gasteiger partial charge in [-0.1, -0.05) is 30.3 Å². The van der Waals surface area contributed by atoms with Crippen molar-refractivity contribution in [2.45, 2.75) is 25.8 Å². The highest BCUT2D eigenvalue weighted by Crippen LogP contribution is 2.25. The number of amides is 1. The minimum Gasteiger partial charge on any atom is -0.488 e. The molecule has 0 aliphatic heterocycles. The molecular weight excluding hydrogens is 370 g/mol. The molecule has 1 aromatic carbocycles. The molecule has 8 heteroatoms. The van der Waals surface area contributed by atoms with E-state index in [1.165, 1.54) is 6.33 Å². The standard InChI is InChI=1S/C19H22ClN3O4/c1-3-7-27-17-6-5-13(8-15(17)20)9-18(24)23-16(19(25)26-4-2)10-14-11-21-12-22-14/h3,5-6,8,11-12,16H,1,4,7,9-10H2,2H3,(H,21,22)(H,23,24)/t16-/m0/s1. The van der Waals surface area contributed by atoms with Gasteiger partial charge in [0, 0.05) is 18.3 Å². The predicted octanol–water partition coefficient (Wildman–Crippen LogP) is 2.46. The molecule has 0 fully saturated rings. The number of nitrogens with zero attached hydrogens (tertiary/aromatic N) is 1. The number of nitrogens with one attached hydrogen (secondary N) is 2. The molecule has 0 saturated heterocycles. The van der Waals surface area contributed by atoms with Crippen molar-refractivity contribution in [2.75, 3.05) is 13.2 Å². The summed E-state index contributed by atoms with van der Waals surface area (Å²) in [5.41, 5.74) is 1.42. The van der Waals surface area contributed by atoms with Gasteiger partial charge in [0.25, 0.3) is 0 Å². The van der Waals surface area contributed by atoms with Gasteiger partial charge in [-0.05, 0) is 24.6 Å². The van der Waals surface area contributed by atoms with Crippen LogP contribution in [0, 0.1) is 0 Å². The van der Waals surface area contributed by atoms with Gasteiger partial charge in [0.2, 0.25) is 5.91 Å². The first-order valence-electron chi connectivity index (χ1n) is 8.48. The van der Waals surface area contributed by atoms with Crippen LogP contribution in [-0.4, -0.2) is 41.1 Å². The minimum atomic E-state index is -0.802. The lowest BCUT2D eigenvalue weighted by Gasteiger charge is -2.17. The summed E-state index contributed by atoms with van der Waals surface area (Å²) in [6.07, 6.45) is 5.06. The van der Waals surface area contributed by atoms with E-state index in [0.29, 0.717) is 22.9 Å². The molecule has 0 radical (unpaired) electrons. The second-order valence-corrected chi connectivity index (χ2v) is 6.10. The van der Waals surface area contributed by atoms with Crippen molar-refractivity contribution >= 4 is 23.5 Å². The average molecular weight is 392 g/mol. The van der Waals surface area contributed by atoms with E-state index in [-0.39, 0.29) is 25.4 Å². The van der Waals surface area contributed by atoms with Crippen molar-refractivity contribution in [2.24, 2.45) is 0 Å². The Labute approximate surface area is 162 Å². The number of aromatic nitrogens is 2. The number of imidazole rings is 1. The number of halogens is 1. The molecule has 0 aliphatic rings. The average Bonchev–Trinajstić information content (AvgIpc) is 3.14. The molecular formula is C19H22ClN3O4. The third-order valence-electron chi connectivity index (χ3n) is 3.60. The first-order valence-corrected chi connectivity index (χ1v) is 8.86. The van der Waals surface area contributed by atoms with Gasteiger partial charge < -0.3 is 19.8 Å². The third-order valence-corrected chi connectivity index (χ3v) is 3.90. The third kappa shape index (κ3) is 6.45. The van der Waals surface area contributed by atoms with Gasteiger partial charge in [-0.25, -0.2) is 9.78 Å². The van der Waals surface area contributed by atoms with Gasteiger partial charge in [-0.2, -0.15) is 0 Å². The Balaban J connectivity index is 2.00. The summed E-state index contributed by atoms with van der Waals surface area (Å²) in [5, 5.41) is 3.11. The van der Waals surface area contributed by atoms with Crippen molar-refractivity contribution in [3.8, 4) is 5.75 Å². The van der Waals surface area contributed by atoms with E-state index in [9.17, 15) is 9.59 Å². The van der Waals surface area contributed by atoms with Gasteiger partial charge in [0.15, 0.2) is 0 Å². The van der Waals surface area contributed by atoms with Crippen LogP contribution in [0.15, 0.2) is 43.4 Å². The van der Waals surface area contributed by atoms with E-state index in [2.05, 4.69) is 21.9 Å². The number of carbonyl (C=O) groups is 2. The largest absolute Gasteiger partial charge is 0.488 e. The van der Waals surface area contributed by atoms with E-state index in [0.717, 1.165) is 5.69 Å². The molecule has 1 heterocycles. The minimum absolute atomic E-state index is 0.0698. The molecule has 2 rings (SSSR count).